The standard InChI is InChI=1S/C10H8N2.2C4H11O3P/c1-5-11-6-2-9(1)10-3-7-12-8-4-10;2*1-3-7-8(5,6)4-2/h1-8H;2*3-4H2,1-2H3,(H,5,6). The lowest BCUT2D eigenvalue weighted by molar-refractivity contribution is 0.273. The van der Waals surface area contributed by atoms with Crippen molar-refractivity contribution in [1.29, 1.82) is 0 Å². The van der Waals surface area contributed by atoms with Crippen LogP contribution in [0.1, 0.15) is 27.7 Å². The molecule has 158 valence electrons. The lowest BCUT2D eigenvalue weighted by atomic mass is 10.1. The molecule has 0 saturated carbocycles. The quantitative estimate of drug-likeness (QED) is 0.610. The van der Waals surface area contributed by atoms with E-state index in [1.807, 2.05) is 24.3 Å². The molecule has 0 bridgehead atoms. The zero-order chi connectivity index (χ0) is 21.5. The third-order valence-corrected chi connectivity index (χ3v) is 6.08. The maximum atomic E-state index is 10.5. The SMILES string of the molecule is CCOP(=O)(O)CC.CCOP(=O)(O)CC.c1cc(-c2ccncc2)ccn1. The van der Waals surface area contributed by atoms with E-state index in [4.69, 9.17) is 9.79 Å². The lowest BCUT2D eigenvalue weighted by Gasteiger charge is -2.05. The topological polar surface area (TPSA) is 119 Å². The molecule has 0 aliphatic heterocycles. The van der Waals surface area contributed by atoms with E-state index >= 15 is 0 Å². The third-order valence-electron chi connectivity index (χ3n) is 3.15. The van der Waals surface area contributed by atoms with Crippen LogP contribution < -0.4 is 0 Å². The Morgan fingerprint density at radius 3 is 1.18 bits per heavy atom. The van der Waals surface area contributed by atoms with Crippen molar-refractivity contribution >= 4 is 15.2 Å². The van der Waals surface area contributed by atoms with Gasteiger partial charge in [-0.2, -0.15) is 0 Å². The van der Waals surface area contributed by atoms with Gasteiger partial charge >= 0.3 is 15.2 Å². The Morgan fingerprint density at radius 1 is 0.714 bits per heavy atom. The molecule has 0 amide bonds. The van der Waals surface area contributed by atoms with Crippen molar-refractivity contribution < 1.29 is 28.0 Å². The summed E-state index contributed by atoms with van der Waals surface area (Å²) in [5.74, 6) is 0. The average Bonchev–Trinajstić information content (AvgIpc) is 2.70. The van der Waals surface area contributed by atoms with Crippen LogP contribution in [-0.2, 0) is 18.2 Å². The van der Waals surface area contributed by atoms with Gasteiger partial charge in [-0.15, -0.1) is 0 Å². The summed E-state index contributed by atoms with van der Waals surface area (Å²) in [7, 11) is -6.35. The molecule has 2 unspecified atom stereocenters. The average molecular weight is 432 g/mol. The second-order valence-corrected chi connectivity index (χ2v) is 9.55. The second-order valence-electron chi connectivity index (χ2n) is 5.21. The molecule has 0 fully saturated rings. The molecule has 10 heteroatoms. The minimum atomic E-state index is -3.17. The summed E-state index contributed by atoms with van der Waals surface area (Å²) in [6.45, 7) is 7.24. The van der Waals surface area contributed by atoms with Gasteiger partial charge in [-0.3, -0.25) is 19.1 Å². The van der Waals surface area contributed by atoms with Crippen molar-refractivity contribution in [3.63, 3.8) is 0 Å². The highest BCUT2D eigenvalue weighted by Crippen LogP contribution is 2.40. The molecule has 0 spiro atoms. The normalized spacial score (nSPS) is 14.4. The zero-order valence-corrected chi connectivity index (χ0v) is 18.6. The number of hydrogen-bond acceptors (Lipinski definition) is 6. The number of pyridine rings is 2. The van der Waals surface area contributed by atoms with E-state index in [1.165, 1.54) is 11.1 Å². The van der Waals surface area contributed by atoms with Gasteiger partial charge in [-0.25, -0.2) is 0 Å². The van der Waals surface area contributed by atoms with Crippen molar-refractivity contribution in [2.24, 2.45) is 0 Å². The molecule has 2 atom stereocenters. The van der Waals surface area contributed by atoms with Crippen LogP contribution in [0, 0.1) is 0 Å². The van der Waals surface area contributed by atoms with Gasteiger partial charge in [0.15, 0.2) is 0 Å². The fourth-order valence-corrected chi connectivity index (χ4v) is 2.85. The monoisotopic (exact) mass is 432 g/mol. The van der Waals surface area contributed by atoms with Crippen molar-refractivity contribution in [2.45, 2.75) is 27.7 Å². The van der Waals surface area contributed by atoms with Crippen molar-refractivity contribution in [2.75, 3.05) is 25.5 Å². The van der Waals surface area contributed by atoms with Crippen LogP contribution in [0.4, 0.5) is 0 Å². The maximum Gasteiger partial charge on any atom is 0.327 e. The number of rotatable bonds is 7. The molecular formula is C18H30N2O6P2. The van der Waals surface area contributed by atoms with Gasteiger partial charge in [0.1, 0.15) is 0 Å². The Labute approximate surface area is 167 Å². The third kappa shape index (κ3) is 12.9. The molecular weight excluding hydrogens is 402 g/mol. The molecule has 0 saturated heterocycles. The molecule has 2 N–H and O–H groups in total. The lowest BCUT2D eigenvalue weighted by Crippen LogP contribution is -1.89. The summed E-state index contributed by atoms with van der Waals surface area (Å²) in [6, 6.07) is 7.93. The van der Waals surface area contributed by atoms with Gasteiger partial charge in [0, 0.05) is 37.1 Å². The van der Waals surface area contributed by atoms with Gasteiger partial charge in [0.2, 0.25) is 0 Å². The van der Waals surface area contributed by atoms with E-state index in [1.54, 1.807) is 52.5 Å². The van der Waals surface area contributed by atoms with Crippen LogP contribution in [-0.4, -0.2) is 45.3 Å². The number of aromatic nitrogens is 2. The van der Waals surface area contributed by atoms with E-state index in [0.717, 1.165) is 0 Å². The molecule has 0 aliphatic carbocycles. The van der Waals surface area contributed by atoms with Gasteiger partial charge in [0.05, 0.1) is 13.2 Å². The van der Waals surface area contributed by atoms with Crippen LogP contribution in [0.5, 0.6) is 0 Å². The molecule has 2 aromatic rings. The first-order valence-corrected chi connectivity index (χ1v) is 12.5. The van der Waals surface area contributed by atoms with E-state index in [-0.39, 0.29) is 12.3 Å². The molecule has 2 aromatic heterocycles. The maximum absolute atomic E-state index is 10.5. The summed E-state index contributed by atoms with van der Waals surface area (Å²) < 4.78 is 30.0. The Hall–Kier alpha value is -1.40. The largest absolute Gasteiger partial charge is 0.327 e. The van der Waals surface area contributed by atoms with Gasteiger partial charge < -0.3 is 18.8 Å². The van der Waals surface area contributed by atoms with Gasteiger partial charge in [-0.05, 0) is 49.2 Å². The predicted molar refractivity (Wildman–Crippen MR) is 111 cm³/mol. The minimum Gasteiger partial charge on any atom is -0.324 e. The van der Waals surface area contributed by atoms with Gasteiger partial charge in [0.25, 0.3) is 0 Å². The van der Waals surface area contributed by atoms with E-state index in [2.05, 4.69) is 19.0 Å². The Morgan fingerprint density at radius 2 is 1.00 bits per heavy atom. The first kappa shape index (κ1) is 26.6. The van der Waals surface area contributed by atoms with Crippen molar-refractivity contribution in [1.82, 2.24) is 9.97 Å². The Balaban J connectivity index is 0.000000408. The summed E-state index contributed by atoms with van der Waals surface area (Å²) in [5.41, 5.74) is 2.35. The van der Waals surface area contributed by atoms with Crippen LogP contribution >= 0.6 is 15.2 Å². The summed E-state index contributed by atoms with van der Waals surface area (Å²) >= 11 is 0. The molecule has 2 heterocycles. The number of hydrogen-bond donors (Lipinski definition) is 2. The summed E-state index contributed by atoms with van der Waals surface area (Å²) in [4.78, 5) is 25.2. The minimum absolute atomic E-state index is 0.195. The van der Waals surface area contributed by atoms with Crippen LogP contribution in [0.3, 0.4) is 0 Å². The molecule has 8 nitrogen and oxygen atoms in total. The van der Waals surface area contributed by atoms with Crippen LogP contribution in [0.2, 0.25) is 0 Å². The molecule has 0 radical (unpaired) electrons. The van der Waals surface area contributed by atoms with Gasteiger partial charge in [-0.1, -0.05) is 13.8 Å². The van der Waals surface area contributed by atoms with E-state index in [0.29, 0.717) is 13.2 Å². The van der Waals surface area contributed by atoms with Crippen molar-refractivity contribution in [3.05, 3.63) is 49.1 Å². The number of nitrogens with zero attached hydrogens (tertiary/aromatic N) is 2. The highest BCUT2D eigenvalue weighted by molar-refractivity contribution is 7.53. The smallest absolute Gasteiger partial charge is 0.324 e. The first-order valence-electron chi connectivity index (χ1n) is 8.94. The first-order chi connectivity index (χ1) is 13.2. The highest BCUT2D eigenvalue weighted by Gasteiger charge is 2.13. The molecule has 0 aliphatic rings. The van der Waals surface area contributed by atoms with Crippen molar-refractivity contribution in [3.8, 4) is 11.1 Å². The molecule has 2 rings (SSSR count). The predicted octanol–water partition coefficient (Wildman–Crippen LogP) is 4.60. The zero-order valence-electron chi connectivity index (χ0n) is 16.8. The second kappa shape index (κ2) is 14.6. The summed E-state index contributed by atoms with van der Waals surface area (Å²) in [6.07, 6.45) is 7.54. The molecule has 28 heavy (non-hydrogen) atoms. The van der Waals surface area contributed by atoms with Crippen LogP contribution in [0.25, 0.3) is 11.1 Å². The van der Waals surface area contributed by atoms with E-state index < -0.39 is 15.2 Å². The van der Waals surface area contributed by atoms with E-state index in [9.17, 15) is 9.13 Å². The summed E-state index contributed by atoms with van der Waals surface area (Å²) in [5, 5.41) is 0. The fraction of sp³-hybridized carbons (Fsp3) is 0.444. The van der Waals surface area contributed by atoms with Crippen LogP contribution in [0.15, 0.2) is 49.1 Å². The Kier molecular flexibility index (Phi) is 13.8. The fourth-order valence-electron chi connectivity index (χ4n) is 1.67. The highest BCUT2D eigenvalue weighted by atomic mass is 31.2. The Bertz CT molecular complexity index is 668. The molecule has 0 aromatic carbocycles.